The first-order chi connectivity index (χ1) is 8.09. The second-order valence-corrected chi connectivity index (χ2v) is 6.63. The molecule has 0 fully saturated rings. The fourth-order valence-electron chi connectivity index (χ4n) is 2.45. The molecule has 2 heteroatoms. The van der Waals surface area contributed by atoms with Crippen molar-refractivity contribution in [2.45, 2.75) is 72.6 Å². The lowest BCUT2D eigenvalue weighted by Gasteiger charge is -2.29. The Kier molecular flexibility index (Phi) is 6.18. The summed E-state index contributed by atoms with van der Waals surface area (Å²) in [7, 11) is 0. The summed E-state index contributed by atoms with van der Waals surface area (Å²) in [5.41, 5.74) is 1.77. The van der Waals surface area contributed by atoms with Gasteiger partial charge in [0.1, 0.15) is 0 Å². The Bertz CT molecular complexity index is 308. The fourth-order valence-corrected chi connectivity index (χ4v) is 3.01. The van der Waals surface area contributed by atoms with E-state index in [-0.39, 0.29) is 0 Å². The molecule has 0 aliphatic carbocycles. The van der Waals surface area contributed by atoms with Crippen molar-refractivity contribution in [3.8, 4) is 0 Å². The summed E-state index contributed by atoms with van der Waals surface area (Å²) < 4.78 is 4.56. The van der Waals surface area contributed by atoms with Crippen LogP contribution in [-0.4, -0.2) is 4.37 Å². The van der Waals surface area contributed by atoms with E-state index >= 15 is 0 Å². The van der Waals surface area contributed by atoms with Crippen LogP contribution in [0, 0.1) is 12.3 Å². The van der Waals surface area contributed by atoms with E-state index in [4.69, 9.17) is 0 Å². The van der Waals surface area contributed by atoms with Gasteiger partial charge in [-0.1, -0.05) is 46.5 Å². The topological polar surface area (TPSA) is 12.9 Å². The SMILES string of the molecule is CCCCC(C)(CCCC)Cc1cc(C)sn1. The lowest BCUT2D eigenvalue weighted by molar-refractivity contribution is 0.252. The van der Waals surface area contributed by atoms with Gasteiger partial charge in [-0.3, -0.25) is 0 Å². The van der Waals surface area contributed by atoms with Crippen LogP contribution in [0.2, 0.25) is 0 Å². The molecule has 0 atom stereocenters. The van der Waals surface area contributed by atoms with Gasteiger partial charge in [-0.25, -0.2) is 0 Å². The van der Waals surface area contributed by atoms with Gasteiger partial charge in [-0.05, 0) is 49.2 Å². The van der Waals surface area contributed by atoms with Crippen LogP contribution in [0.15, 0.2) is 6.07 Å². The van der Waals surface area contributed by atoms with Crippen LogP contribution in [0.4, 0.5) is 0 Å². The number of unbranched alkanes of at least 4 members (excludes halogenated alkanes) is 2. The standard InChI is InChI=1S/C15H27NS/c1-5-7-9-15(4,10-8-6-2)12-14-11-13(3)17-16-14/h11H,5-10,12H2,1-4H3. The average Bonchev–Trinajstić information content (AvgIpc) is 2.69. The normalized spacial score (nSPS) is 12.0. The largest absolute Gasteiger partial charge is 0.197 e. The zero-order valence-corrected chi connectivity index (χ0v) is 12.7. The summed E-state index contributed by atoms with van der Waals surface area (Å²) in [6, 6.07) is 2.26. The summed E-state index contributed by atoms with van der Waals surface area (Å²) in [4.78, 5) is 1.34. The summed E-state index contributed by atoms with van der Waals surface area (Å²) >= 11 is 1.64. The van der Waals surface area contributed by atoms with Crippen molar-refractivity contribution in [1.82, 2.24) is 4.37 Å². The lowest BCUT2D eigenvalue weighted by Crippen LogP contribution is -2.20. The third-order valence-electron chi connectivity index (χ3n) is 3.55. The summed E-state index contributed by atoms with van der Waals surface area (Å²) in [6.07, 6.45) is 9.17. The Morgan fingerprint density at radius 1 is 1.18 bits per heavy atom. The molecular weight excluding hydrogens is 226 g/mol. The highest BCUT2D eigenvalue weighted by atomic mass is 32.1. The molecule has 0 saturated heterocycles. The van der Waals surface area contributed by atoms with E-state index < -0.39 is 0 Å². The molecule has 98 valence electrons. The maximum atomic E-state index is 4.56. The first-order valence-corrected chi connectivity index (χ1v) is 7.79. The number of hydrogen-bond acceptors (Lipinski definition) is 2. The van der Waals surface area contributed by atoms with Crippen molar-refractivity contribution in [2.75, 3.05) is 0 Å². The molecule has 1 nitrogen and oxygen atoms in total. The highest BCUT2D eigenvalue weighted by molar-refractivity contribution is 7.05. The smallest absolute Gasteiger partial charge is 0.0550 e. The molecule has 0 aromatic carbocycles. The van der Waals surface area contributed by atoms with E-state index in [0.717, 1.165) is 6.42 Å². The van der Waals surface area contributed by atoms with E-state index in [1.807, 2.05) is 0 Å². The van der Waals surface area contributed by atoms with E-state index in [1.165, 1.54) is 49.1 Å². The van der Waals surface area contributed by atoms with Gasteiger partial charge in [0.25, 0.3) is 0 Å². The highest BCUT2D eigenvalue weighted by Crippen LogP contribution is 2.34. The van der Waals surface area contributed by atoms with Gasteiger partial charge in [0.15, 0.2) is 0 Å². The molecule has 0 aliphatic heterocycles. The first-order valence-electron chi connectivity index (χ1n) is 7.02. The summed E-state index contributed by atoms with van der Waals surface area (Å²) in [6.45, 7) is 9.17. The minimum Gasteiger partial charge on any atom is -0.197 e. The third-order valence-corrected chi connectivity index (χ3v) is 4.28. The van der Waals surface area contributed by atoms with Crippen molar-refractivity contribution in [3.05, 3.63) is 16.6 Å². The molecule has 0 bridgehead atoms. The van der Waals surface area contributed by atoms with Gasteiger partial charge in [0.05, 0.1) is 5.69 Å². The lowest BCUT2D eigenvalue weighted by atomic mass is 9.76. The molecule has 0 aliphatic rings. The minimum absolute atomic E-state index is 0.465. The molecule has 0 spiro atoms. The Morgan fingerprint density at radius 3 is 2.18 bits per heavy atom. The molecular formula is C15H27NS. The molecule has 1 rings (SSSR count). The molecule has 0 amide bonds. The molecule has 1 heterocycles. The Balaban J connectivity index is 2.61. The maximum Gasteiger partial charge on any atom is 0.0550 e. The van der Waals surface area contributed by atoms with Crippen molar-refractivity contribution in [1.29, 1.82) is 0 Å². The Labute approximate surface area is 111 Å². The predicted octanol–water partition coefficient (Wildman–Crippen LogP) is 5.38. The van der Waals surface area contributed by atoms with Crippen molar-refractivity contribution < 1.29 is 0 Å². The third kappa shape index (κ3) is 5.20. The van der Waals surface area contributed by atoms with Gasteiger partial charge >= 0.3 is 0 Å². The molecule has 0 radical (unpaired) electrons. The molecule has 0 unspecified atom stereocenters. The van der Waals surface area contributed by atoms with Gasteiger partial charge in [-0.2, -0.15) is 4.37 Å². The maximum absolute atomic E-state index is 4.56. The number of nitrogens with zero attached hydrogens (tertiary/aromatic N) is 1. The predicted molar refractivity (Wildman–Crippen MR) is 77.7 cm³/mol. The van der Waals surface area contributed by atoms with Crippen LogP contribution in [0.3, 0.4) is 0 Å². The van der Waals surface area contributed by atoms with Crippen LogP contribution in [-0.2, 0) is 6.42 Å². The summed E-state index contributed by atoms with van der Waals surface area (Å²) in [5, 5.41) is 0. The first kappa shape index (κ1) is 14.7. The van der Waals surface area contributed by atoms with Crippen LogP contribution < -0.4 is 0 Å². The fraction of sp³-hybridized carbons (Fsp3) is 0.800. The van der Waals surface area contributed by atoms with Crippen LogP contribution >= 0.6 is 11.5 Å². The number of rotatable bonds is 8. The van der Waals surface area contributed by atoms with Crippen molar-refractivity contribution in [2.24, 2.45) is 5.41 Å². The van der Waals surface area contributed by atoms with Crippen molar-refractivity contribution in [3.63, 3.8) is 0 Å². The molecule has 1 aromatic heterocycles. The molecule has 1 aromatic rings. The molecule has 0 saturated carbocycles. The van der Waals surface area contributed by atoms with Gasteiger partial charge in [0.2, 0.25) is 0 Å². The monoisotopic (exact) mass is 253 g/mol. The Hall–Kier alpha value is -0.370. The number of hydrogen-bond donors (Lipinski definition) is 0. The second-order valence-electron chi connectivity index (χ2n) is 5.62. The van der Waals surface area contributed by atoms with E-state index in [1.54, 1.807) is 11.5 Å². The van der Waals surface area contributed by atoms with Crippen LogP contribution in [0.25, 0.3) is 0 Å². The van der Waals surface area contributed by atoms with Crippen LogP contribution in [0.1, 0.15) is 69.9 Å². The zero-order chi connectivity index (χ0) is 12.7. The number of aromatic nitrogens is 1. The van der Waals surface area contributed by atoms with Gasteiger partial charge in [-0.15, -0.1) is 0 Å². The minimum atomic E-state index is 0.465. The Morgan fingerprint density at radius 2 is 1.76 bits per heavy atom. The van der Waals surface area contributed by atoms with Gasteiger partial charge in [0, 0.05) is 4.88 Å². The highest BCUT2D eigenvalue weighted by Gasteiger charge is 2.24. The second kappa shape index (κ2) is 7.15. The number of aryl methyl sites for hydroxylation is 1. The van der Waals surface area contributed by atoms with E-state index in [2.05, 4.69) is 38.1 Å². The molecule has 0 N–H and O–H groups in total. The van der Waals surface area contributed by atoms with Crippen molar-refractivity contribution >= 4 is 11.5 Å². The average molecular weight is 253 g/mol. The van der Waals surface area contributed by atoms with E-state index in [9.17, 15) is 0 Å². The summed E-state index contributed by atoms with van der Waals surface area (Å²) in [5.74, 6) is 0. The zero-order valence-electron chi connectivity index (χ0n) is 11.9. The van der Waals surface area contributed by atoms with Crippen LogP contribution in [0.5, 0.6) is 0 Å². The van der Waals surface area contributed by atoms with Gasteiger partial charge < -0.3 is 0 Å². The molecule has 17 heavy (non-hydrogen) atoms. The van der Waals surface area contributed by atoms with E-state index in [0.29, 0.717) is 5.41 Å². The quantitative estimate of drug-likeness (QED) is 0.606.